The Morgan fingerprint density at radius 2 is 2.00 bits per heavy atom. The van der Waals surface area contributed by atoms with Gasteiger partial charge in [0.05, 0.1) is 12.0 Å². The Bertz CT molecular complexity index is 709. The number of amidine groups is 1. The molecule has 0 saturated heterocycles. The summed E-state index contributed by atoms with van der Waals surface area (Å²) in [5.41, 5.74) is 1.40. The summed E-state index contributed by atoms with van der Waals surface area (Å²) in [6.07, 6.45) is 3.35. The molecule has 0 aliphatic rings. The van der Waals surface area contributed by atoms with E-state index in [9.17, 15) is 10.1 Å². The Hall–Kier alpha value is -3.15. The van der Waals surface area contributed by atoms with E-state index in [2.05, 4.69) is 5.32 Å². The van der Waals surface area contributed by atoms with Crippen molar-refractivity contribution in [3.63, 3.8) is 0 Å². The van der Waals surface area contributed by atoms with Crippen LogP contribution in [0.1, 0.15) is 5.56 Å². The topological polar surface area (TPSA) is 88.2 Å². The largest absolute Gasteiger partial charge is 0.497 e. The summed E-state index contributed by atoms with van der Waals surface area (Å²) < 4.78 is 5.07. The smallest absolute Gasteiger partial charge is 0.271 e. The van der Waals surface area contributed by atoms with Crippen molar-refractivity contribution in [2.45, 2.75) is 0 Å². The summed E-state index contributed by atoms with van der Waals surface area (Å²) in [4.78, 5) is 10.2. The summed E-state index contributed by atoms with van der Waals surface area (Å²) >= 11 is 0. The van der Waals surface area contributed by atoms with Gasteiger partial charge in [0.15, 0.2) is 0 Å². The van der Waals surface area contributed by atoms with Crippen molar-refractivity contribution in [2.75, 3.05) is 12.4 Å². The van der Waals surface area contributed by atoms with Crippen LogP contribution in [-0.2, 0) is 0 Å². The zero-order chi connectivity index (χ0) is 15.9. The monoisotopic (exact) mass is 297 g/mol. The molecule has 0 heterocycles. The van der Waals surface area contributed by atoms with Crippen molar-refractivity contribution in [1.82, 2.24) is 0 Å². The number of ether oxygens (including phenoxy) is 1. The third kappa shape index (κ3) is 4.17. The molecule has 0 saturated carbocycles. The van der Waals surface area contributed by atoms with E-state index in [1.807, 2.05) is 24.3 Å². The number of nitrogens with zero attached hydrogens (tertiary/aromatic N) is 1. The highest BCUT2D eigenvalue weighted by atomic mass is 16.6. The van der Waals surface area contributed by atoms with E-state index in [0.717, 1.165) is 11.3 Å². The Morgan fingerprint density at radius 1 is 1.27 bits per heavy atom. The molecule has 0 spiro atoms. The van der Waals surface area contributed by atoms with Gasteiger partial charge in [-0.05, 0) is 29.8 Å². The van der Waals surface area contributed by atoms with Crippen molar-refractivity contribution in [1.29, 1.82) is 5.41 Å². The van der Waals surface area contributed by atoms with Crippen LogP contribution in [0.5, 0.6) is 5.75 Å². The standard InChI is InChI=1S/C16H15N3O3/c1-22-15-8-5-12(6-9-15)7-10-16(17)18-13-3-2-4-14(11-13)19(20)21/h2-11H,1H3,(H2,17,18)/b10-7+. The maximum atomic E-state index is 10.7. The molecule has 0 radical (unpaired) electrons. The highest BCUT2D eigenvalue weighted by Gasteiger charge is 2.05. The van der Waals surface area contributed by atoms with Crippen LogP contribution >= 0.6 is 0 Å². The van der Waals surface area contributed by atoms with Crippen molar-refractivity contribution in [3.05, 3.63) is 70.3 Å². The number of anilines is 1. The normalized spacial score (nSPS) is 10.4. The molecule has 2 N–H and O–H groups in total. The van der Waals surface area contributed by atoms with Crippen LogP contribution < -0.4 is 10.1 Å². The highest BCUT2D eigenvalue weighted by molar-refractivity contribution is 6.04. The predicted octanol–water partition coefficient (Wildman–Crippen LogP) is 3.71. The fraction of sp³-hybridized carbons (Fsp3) is 0.0625. The fourth-order valence-electron chi connectivity index (χ4n) is 1.79. The molecule has 112 valence electrons. The summed E-state index contributed by atoms with van der Waals surface area (Å²) in [6, 6.07) is 13.4. The zero-order valence-corrected chi connectivity index (χ0v) is 11.9. The number of nitro benzene ring substituents is 1. The number of hydrogen-bond donors (Lipinski definition) is 2. The molecule has 0 fully saturated rings. The predicted molar refractivity (Wildman–Crippen MR) is 86.5 cm³/mol. The Morgan fingerprint density at radius 3 is 2.64 bits per heavy atom. The number of nitrogens with one attached hydrogen (secondary N) is 2. The van der Waals surface area contributed by atoms with Crippen LogP contribution in [-0.4, -0.2) is 17.9 Å². The van der Waals surface area contributed by atoms with Crippen molar-refractivity contribution < 1.29 is 9.66 Å². The lowest BCUT2D eigenvalue weighted by Gasteiger charge is -2.04. The number of non-ortho nitro benzene ring substituents is 1. The van der Waals surface area contributed by atoms with Gasteiger partial charge < -0.3 is 10.1 Å². The third-order valence-corrected chi connectivity index (χ3v) is 2.89. The van der Waals surface area contributed by atoms with E-state index in [1.165, 1.54) is 12.1 Å². The van der Waals surface area contributed by atoms with Gasteiger partial charge >= 0.3 is 0 Å². The minimum Gasteiger partial charge on any atom is -0.497 e. The average molecular weight is 297 g/mol. The molecule has 0 atom stereocenters. The summed E-state index contributed by atoms with van der Waals surface area (Å²) in [6.45, 7) is 0. The van der Waals surface area contributed by atoms with E-state index >= 15 is 0 Å². The summed E-state index contributed by atoms with van der Waals surface area (Å²) in [5, 5.41) is 21.3. The molecule has 6 nitrogen and oxygen atoms in total. The van der Waals surface area contributed by atoms with Gasteiger partial charge in [0.1, 0.15) is 11.6 Å². The lowest BCUT2D eigenvalue weighted by atomic mass is 10.2. The lowest BCUT2D eigenvalue weighted by Crippen LogP contribution is -2.06. The van der Waals surface area contributed by atoms with Crippen molar-refractivity contribution in [3.8, 4) is 5.75 Å². The second-order valence-electron chi connectivity index (χ2n) is 4.45. The van der Waals surface area contributed by atoms with Crippen LogP contribution in [0.4, 0.5) is 11.4 Å². The molecule has 0 amide bonds. The van der Waals surface area contributed by atoms with Gasteiger partial charge in [0.2, 0.25) is 0 Å². The summed E-state index contributed by atoms with van der Waals surface area (Å²) in [5.74, 6) is 0.901. The molecular formula is C16H15N3O3. The van der Waals surface area contributed by atoms with E-state index < -0.39 is 4.92 Å². The van der Waals surface area contributed by atoms with Gasteiger partial charge in [0.25, 0.3) is 5.69 Å². The first kappa shape index (κ1) is 15.2. The fourth-order valence-corrected chi connectivity index (χ4v) is 1.79. The van der Waals surface area contributed by atoms with Crippen LogP contribution in [0, 0.1) is 15.5 Å². The first-order chi connectivity index (χ1) is 10.6. The average Bonchev–Trinajstić information content (AvgIpc) is 2.53. The molecule has 0 aliphatic heterocycles. The Balaban J connectivity index is 2.01. The number of hydrogen-bond acceptors (Lipinski definition) is 4. The van der Waals surface area contributed by atoms with Gasteiger partial charge in [-0.3, -0.25) is 15.5 Å². The lowest BCUT2D eigenvalue weighted by molar-refractivity contribution is -0.384. The summed E-state index contributed by atoms with van der Waals surface area (Å²) in [7, 11) is 1.60. The van der Waals surface area contributed by atoms with Crippen LogP contribution in [0.2, 0.25) is 0 Å². The van der Waals surface area contributed by atoms with Gasteiger partial charge in [-0.25, -0.2) is 0 Å². The SMILES string of the molecule is COc1ccc(/C=C/C(=N)Nc2cccc([N+](=O)[O-])c2)cc1. The van der Waals surface area contributed by atoms with Gasteiger partial charge in [0, 0.05) is 17.8 Å². The number of nitro groups is 1. The Kier molecular flexibility index (Phi) is 4.87. The van der Waals surface area contributed by atoms with E-state index in [-0.39, 0.29) is 11.5 Å². The molecule has 0 bridgehead atoms. The molecular weight excluding hydrogens is 282 g/mol. The maximum Gasteiger partial charge on any atom is 0.271 e. The molecule has 2 aromatic carbocycles. The first-order valence-corrected chi connectivity index (χ1v) is 6.50. The van der Waals surface area contributed by atoms with Crippen molar-refractivity contribution >= 4 is 23.3 Å². The number of methoxy groups -OCH3 is 1. The van der Waals surface area contributed by atoms with Crippen LogP contribution in [0.3, 0.4) is 0 Å². The van der Waals surface area contributed by atoms with E-state index in [4.69, 9.17) is 10.1 Å². The number of benzene rings is 2. The third-order valence-electron chi connectivity index (χ3n) is 2.89. The molecule has 6 heteroatoms. The van der Waals surface area contributed by atoms with Crippen LogP contribution in [0.15, 0.2) is 54.6 Å². The highest BCUT2D eigenvalue weighted by Crippen LogP contribution is 2.17. The zero-order valence-electron chi connectivity index (χ0n) is 11.9. The van der Waals surface area contributed by atoms with Gasteiger partial charge in [-0.1, -0.05) is 24.3 Å². The molecule has 0 unspecified atom stereocenters. The first-order valence-electron chi connectivity index (χ1n) is 6.50. The van der Waals surface area contributed by atoms with E-state index in [0.29, 0.717) is 5.69 Å². The van der Waals surface area contributed by atoms with Gasteiger partial charge in [-0.2, -0.15) is 0 Å². The number of rotatable bonds is 5. The molecule has 2 rings (SSSR count). The van der Waals surface area contributed by atoms with Gasteiger partial charge in [-0.15, -0.1) is 0 Å². The molecule has 22 heavy (non-hydrogen) atoms. The quantitative estimate of drug-likeness (QED) is 0.381. The second-order valence-corrected chi connectivity index (χ2v) is 4.45. The second kappa shape index (κ2) is 7.03. The molecule has 2 aromatic rings. The minimum absolute atomic E-state index is 0.0167. The molecule has 0 aliphatic carbocycles. The Labute approximate surface area is 127 Å². The van der Waals surface area contributed by atoms with Crippen molar-refractivity contribution in [2.24, 2.45) is 0 Å². The van der Waals surface area contributed by atoms with Crippen LogP contribution in [0.25, 0.3) is 6.08 Å². The van der Waals surface area contributed by atoms with E-state index in [1.54, 1.807) is 31.4 Å². The maximum absolute atomic E-state index is 10.7. The molecule has 0 aromatic heterocycles. The minimum atomic E-state index is -0.470.